The van der Waals surface area contributed by atoms with Crippen molar-refractivity contribution >= 4 is 16.8 Å². The Morgan fingerprint density at radius 3 is 2.96 bits per heavy atom. The first-order valence-electron chi connectivity index (χ1n) is 7.36. The molecule has 0 saturated heterocycles. The summed E-state index contributed by atoms with van der Waals surface area (Å²) in [6.07, 6.45) is 3.46. The van der Waals surface area contributed by atoms with Crippen LogP contribution < -0.4 is 10.4 Å². The molecular weight excluding hydrogens is 314 g/mol. The average molecular weight is 329 g/mol. The molecule has 0 atom stereocenters. The third-order valence-corrected chi connectivity index (χ3v) is 3.56. The lowest BCUT2D eigenvalue weighted by atomic mass is 10.1. The average Bonchev–Trinajstić information content (AvgIpc) is 3.00. The molecule has 0 fully saturated rings. The van der Waals surface area contributed by atoms with Gasteiger partial charge in [0, 0.05) is 24.1 Å². The van der Waals surface area contributed by atoms with E-state index in [1.807, 2.05) is 19.1 Å². The Kier molecular flexibility index (Phi) is 4.28. The monoisotopic (exact) mass is 329 g/mol. The molecule has 0 amide bonds. The quantitative estimate of drug-likeness (QED) is 0.298. The molecule has 3 aromatic rings. The normalized spacial score (nSPS) is 10.9. The van der Waals surface area contributed by atoms with E-state index in [0.717, 1.165) is 10.9 Å². The summed E-state index contributed by atoms with van der Waals surface area (Å²) in [5, 5.41) is 11.4. The largest absolute Gasteiger partial charge is 0.493 e. The van der Waals surface area contributed by atoms with Crippen LogP contribution in [0.4, 0.5) is 5.82 Å². The molecule has 8 nitrogen and oxygen atoms in total. The fourth-order valence-electron chi connectivity index (χ4n) is 2.40. The van der Waals surface area contributed by atoms with Gasteiger partial charge < -0.3 is 23.8 Å². The van der Waals surface area contributed by atoms with Crippen molar-refractivity contribution in [3.05, 3.63) is 62.9 Å². The molecule has 3 rings (SSSR count). The van der Waals surface area contributed by atoms with Gasteiger partial charge in [0.1, 0.15) is 17.5 Å². The Morgan fingerprint density at radius 1 is 1.38 bits per heavy atom. The van der Waals surface area contributed by atoms with Crippen LogP contribution in [0.15, 0.2) is 46.0 Å². The number of fused-ring (bicyclic) bond motifs is 1. The summed E-state index contributed by atoms with van der Waals surface area (Å²) in [5.74, 6) is 0.434. The molecule has 0 aliphatic rings. The number of benzene rings is 1. The Bertz CT molecular complexity index is 944. The van der Waals surface area contributed by atoms with E-state index in [1.54, 1.807) is 10.6 Å². The summed E-state index contributed by atoms with van der Waals surface area (Å²) >= 11 is 0. The van der Waals surface area contributed by atoms with Crippen LogP contribution in [0.2, 0.25) is 0 Å². The van der Waals surface area contributed by atoms with Gasteiger partial charge in [-0.2, -0.15) is 0 Å². The van der Waals surface area contributed by atoms with Gasteiger partial charge in [0.15, 0.2) is 0 Å². The summed E-state index contributed by atoms with van der Waals surface area (Å²) < 4.78 is 12.5. The minimum atomic E-state index is -0.530. The lowest BCUT2D eigenvalue weighted by molar-refractivity contribution is -0.389. The summed E-state index contributed by atoms with van der Waals surface area (Å²) in [5.41, 5.74) is 0.955. The first-order valence-corrected chi connectivity index (χ1v) is 7.36. The zero-order valence-electron chi connectivity index (χ0n) is 13.0. The van der Waals surface area contributed by atoms with Crippen LogP contribution in [0.5, 0.6) is 5.75 Å². The van der Waals surface area contributed by atoms with E-state index in [1.165, 1.54) is 18.6 Å². The topological polar surface area (TPSA) is 100 Å². The lowest BCUT2D eigenvalue weighted by Crippen LogP contribution is -2.03. The second-order valence-electron chi connectivity index (χ2n) is 5.34. The highest BCUT2D eigenvalue weighted by Crippen LogP contribution is 2.22. The van der Waals surface area contributed by atoms with Gasteiger partial charge in [-0.05, 0) is 40.9 Å². The number of hydrogen-bond acceptors (Lipinski definition) is 6. The standard InChI is InChI=1S/C16H15N3O5/c1-11-7-16(20)24-14-8-12(3-4-13(11)14)23-6-2-5-18-9-15(17-10-18)19(21)22/h3-4,7-10H,2,5-6H2,1H3. The van der Waals surface area contributed by atoms with Crippen LogP contribution in [0, 0.1) is 17.0 Å². The Morgan fingerprint density at radius 2 is 2.21 bits per heavy atom. The molecule has 1 aromatic carbocycles. The molecule has 0 unspecified atom stereocenters. The summed E-state index contributed by atoms with van der Waals surface area (Å²) in [7, 11) is 0. The molecule has 0 N–H and O–H groups in total. The Balaban J connectivity index is 1.59. The third-order valence-electron chi connectivity index (χ3n) is 3.56. The SMILES string of the molecule is Cc1cc(=O)oc2cc(OCCCn3cnc([N+](=O)[O-])c3)ccc12. The minimum absolute atomic E-state index is 0.171. The van der Waals surface area contributed by atoms with E-state index in [-0.39, 0.29) is 11.4 Å². The minimum Gasteiger partial charge on any atom is -0.493 e. The highest BCUT2D eigenvalue weighted by atomic mass is 16.6. The Labute approximate surface area is 136 Å². The van der Waals surface area contributed by atoms with Gasteiger partial charge in [-0.1, -0.05) is 0 Å². The van der Waals surface area contributed by atoms with Crippen molar-refractivity contribution in [3.63, 3.8) is 0 Å². The second kappa shape index (κ2) is 6.53. The fourth-order valence-corrected chi connectivity index (χ4v) is 2.40. The predicted molar refractivity (Wildman–Crippen MR) is 86.2 cm³/mol. The highest BCUT2D eigenvalue weighted by molar-refractivity contribution is 5.81. The zero-order valence-corrected chi connectivity index (χ0v) is 13.0. The van der Waals surface area contributed by atoms with Gasteiger partial charge in [0.05, 0.1) is 6.61 Å². The van der Waals surface area contributed by atoms with Crippen molar-refractivity contribution in [2.75, 3.05) is 6.61 Å². The molecule has 0 spiro atoms. The maximum Gasteiger partial charge on any atom is 0.381 e. The van der Waals surface area contributed by atoms with Crippen molar-refractivity contribution in [2.45, 2.75) is 19.9 Å². The number of nitro groups is 1. The van der Waals surface area contributed by atoms with Crippen molar-refractivity contribution in [1.29, 1.82) is 0 Å². The van der Waals surface area contributed by atoms with E-state index in [0.29, 0.717) is 30.9 Å². The van der Waals surface area contributed by atoms with E-state index < -0.39 is 4.92 Å². The van der Waals surface area contributed by atoms with Gasteiger partial charge in [-0.3, -0.25) is 0 Å². The van der Waals surface area contributed by atoms with Crippen molar-refractivity contribution < 1.29 is 14.1 Å². The van der Waals surface area contributed by atoms with Crippen molar-refractivity contribution in [2.24, 2.45) is 0 Å². The van der Waals surface area contributed by atoms with Crippen LogP contribution in [-0.4, -0.2) is 21.1 Å². The lowest BCUT2D eigenvalue weighted by Gasteiger charge is -2.07. The number of nitrogens with zero attached hydrogens (tertiary/aromatic N) is 3. The van der Waals surface area contributed by atoms with Crippen LogP contribution in [-0.2, 0) is 6.54 Å². The number of imidazole rings is 1. The van der Waals surface area contributed by atoms with Crippen LogP contribution in [0.25, 0.3) is 11.0 Å². The summed E-state index contributed by atoms with van der Waals surface area (Å²) in [6.45, 7) is 2.83. The number of hydrogen-bond donors (Lipinski definition) is 0. The molecule has 0 aliphatic carbocycles. The molecular formula is C16H15N3O5. The van der Waals surface area contributed by atoms with E-state index in [4.69, 9.17) is 9.15 Å². The third kappa shape index (κ3) is 3.43. The number of aryl methyl sites for hydroxylation is 2. The molecule has 0 bridgehead atoms. The van der Waals surface area contributed by atoms with E-state index in [9.17, 15) is 14.9 Å². The zero-order chi connectivity index (χ0) is 17.1. The van der Waals surface area contributed by atoms with Gasteiger partial charge in [-0.15, -0.1) is 0 Å². The first kappa shape index (κ1) is 15.7. The highest BCUT2D eigenvalue weighted by Gasteiger charge is 2.09. The maximum atomic E-state index is 11.4. The smallest absolute Gasteiger partial charge is 0.381 e. The van der Waals surface area contributed by atoms with Crippen molar-refractivity contribution in [3.8, 4) is 5.75 Å². The van der Waals surface area contributed by atoms with Gasteiger partial charge in [0.25, 0.3) is 0 Å². The van der Waals surface area contributed by atoms with Gasteiger partial charge in [-0.25, -0.2) is 4.79 Å². The molecule has 124 valence electrons. The molecule has 8 heteroatoms. The first-order chi connectivity index (χ1) is 11.5. The van der Waals surface area contributed by atoms with Crippen LogP contribution in [0.1, 0.15) is 12.0 Å². The van der Waals surface area contributed by atoms with Gasteiger partial charge >= 0.3 is 11.4 Å². The van der Waals surface area contributed by atoms with Crippen LogP contribution >= 0.6 is 0 Å². The van der Waals surface area contributed by atoms with E-state index >= 15 is 0 Å². The van der Waals surface area contributed by atoms with Crippen LogP contribution in [0.3, 0.4) is 0 Å². The van der Waals surface area contributed by atoms with E-state index in [2.05, 4.69) is 4.98 Å². The molecule has 2 aromatic heterocycles. The second-order valence-corrected chi connectivity index (χ2v) is 5.34. The fraction of sp³-hybridized carbons (Fsp3) is 0.250. The van der Waals surface area contributed by atoms with Crippen molar-refractivity contribution in [1.82, 2.24) is 9.55 Å². The molecule has 0 aliphatic heterocycles. The van der Waals surface area contributed by atoms with Gasteiger partial charge in [0.2, 0.25) is 6.33 Å². The summed E-state index contributed by atoms with van der Waals surface area (Å²) in [4.78, 5) is 25.1. The predicted octanol–water partition coefficient (Wildman–Crippen LogP) is 2.68. The summed E-state index contributed by atoms with van der Waals surface area (Å²) in [6, 6.07) is 6.80. The Hall–Kier alpha value is -3.16. The molecule has 0 saturated carbocycles. The number of ether oxygens (including phenoxy) is 1. The molecule has 0 radical (unpaired) electrons. The molecule has 2 heterocycles. The maximum absolute atomic E-state index is 11.4. The molecule has 24 heavy (non-hydrogen) atoms. The number of rotatable bonds is 6. The number of aromatic nitrogens is 2.